The van der Waals surface area contributed by atoms with Crippen LogP contribution in [-0.2, 0) is 16.1 Å². The van der Waals surface area contributed by atoms with Gasteiger partial charge in [0, 0.05) is 19.5 Å². The van der Waals surface area contributed by atoms with Crippen molar-refractivity contribution in [2.24, 2.45) is 0 Å². The van der Waals surface area contributed by atoms with E-state index in [0.717, 1.165) is 24.9 Å². The predicted molar refractivity (Wildman–Crippen MR) is 82.5 cm³/mol. The predicted octanol–water partition coefficient (Wildman–Crippen LogP) is 1.68. The van der Waals surface area contributed by atoms with Crippen molar-refractivity contribution in [2.75, 3.05) is 19.6 Å². The molecule has 6 heteroatoms. The van der Waals surface area contributed by atoms with Gasteiger partial charge in [-0.25, -0.2) is 9.18 Å². The molecule has 2 saturated heterocycles. The van der Waals surface area contributed by atoms with E-state index >= 15 is 0 Å². The van der Waals surface area contributed by atoms with Crippen LogP contribution >= 0.6 is 0 Å². The van der Waals surface area contributed by atoms with Gasteiger partial charge in [0.2, 0.25) is 11.6 Å². The van der Waals surface area contributed by atoms with E-state index in [0.29, 0.717) is 6.54 Å². The first-order valence-corrected chi connectivity index (χ1v) is 7.99. The third-order valence-electron chi connectivity index (χ3n) is 4.79. The quantitative estimate of drug-likeness (QED) is 0.917. The Morgan fingerprint density at radius 1 is 1.26 bits per heavy atom. The van der Waals surface area contributed by atoms with Crippen LogP contribution in [0.25, 0.3) is 0 Å². The van der Waals surface area contributed by atoms with Gasteiger partial charge < -0.3 is 10.0 Å². The average Bonchev–Trinajstić information content (AvgIpc) is 3.15. The van der Waals surface area contributed by atoms with Gasteiger partial charge in [-0.15, -0.1) is 0 Å². The monoisotopic (exact) mass is 320 g/mol. The Hall–Kier alpha value is -1.95. The topological polar surface area (TPSA) is 60.9 Å². The summed E-state index contributed by atoms with van der Waals surface area (Å²) >= 11 is 0. The summed E-state index contributed by atoms with van der Waals surface area (Å²) in [6, 6.07) is 9.65. The highest BCUT2D eigenvalue weighted by atomic mass is 19.1. The lowest BCUT2D eigenvalue weighted by atomic mass is 10.1. The standard InChI is InChI=1S/C17H21FN2O3/c18-17(16(22)23)8-10-20(12-17)15(21)14-7-4-9-19(14)11-13-5-2-1-3-6-13/h1-3,5-6,14H,4,7-12H2,(H,22,23). The molecule has 1 amide bonds. The maximum atomic E-state index is 14.2. The van der Waals surface area contributed by atoms with Crippen LogP contribution in [0.1, 0.15) is 24.8 Å². The van der Waals surface area contributed by atoms with Crippen molar-refractivity contribution in [1.82, 2.24) is 9.80 Å². The molecule has 2 aliphatic heterocycles. The minimum Gasteiger partial charge on any atom is -0.479 e. The van der Waals surface area contributed by atoms with Gasteiger partial charge >= 0.3 is 5.97 Å². The average molecular weight is 320 g/mol. The van der Waals surface area contributed by atoms with Crippen molar-refractivity contribution < 1.29 is 19.1 Å². The molecule has 0 saturated carbocycles. The van der Waals surface area contributed by atoms with Gasteiger partial charge in [-0.1, -0.05) is 30.3 Å². The largest absolute Gasteiger partial charge is 0.479 e. The molecule has 3 rings (SSSR count). The number of carbonyl (C=O) groups is 2. The van der Waals surface area contributed by atoms with Crippen molar-refractivity contribution in [3.8, 4) is 0 Å². The summed E-state index contributed by atoms with van der Waals surface area (Å²) < 4.78 is 14.2. The molecule has 5 nitrogen and oxygen atoms in total. The second-order valence-corrected chi connectivity index (χ2v) is 6.39. The molecular formula is C17H21FN2O3. The van der Waals surface area contributed by atoms with Crippen LogP contribution in [0.4, 0.5) is 4.39 Å². The second kappa shape index (κ2) is 6.28. The summed E-state index contributed by atoms with van der Waals surface area (Å²) in [5.74, 6) is -1.61. The molecule has 2 fully saturated rings. The fourth-order valence-corrected chi connectivity index (χ4v) is 3.46. The van der Waals surface area contributed by atoms with Crippen molar-refractivity contribution in [3.63, 3.8) is 0 Å². The second-order valence-electron chi connectivity index (χ2n) is 6.39. The van der Waals surface area contributed by atoms with E-state index in [1.807, 2.05) is 30.3 Å². The number of nitrogens with zero attached hydrogens (tertiary/aromatic N) is 2. The molecule has 0 aromatic heterocycles. The number of likely N-dealkylation sites (tertiary alicyclic amines) is 2. The first-order valence-electron chi connectivity index (χ1n) is 7.99. The van der Waals surface area contributed by atoms with Gasteiger partial charge in [-0.2, -0.15) is 0 Å². The minimum atomic E-state index is -2.29. The van der Waals surface area contributed by atoms with Crippen LogP contribution in [0, 0.1) is 0 Å². The van der Waals surface area contributed by atoms with Crippen molar-refractivity contribution >= 4 is 11.9 Å². The molecule has 0 aliphatic carbocycles. The molecule has 2 unspecified atom stereocenters. The van der Waals surface area contributed by atoms with Gasteiger partial charge in [0.25, 0.3) is 0 Å². The zero-order valence-electron chi connectivity index (χ0n) is 12.9. The summed E-state index contributed by atoms with van der Waals surface area (Å²) in [7, 11) is 0. The van der Waals surface area contributed by atoms with Crippen molar-refractivity contribution in [1.29, 1.82) is 0 Å². The molecule has 23 heavy (non-hydrogen) atoms. The van der Waals surface area contributed by atoms with Crippen LogP contribution < -0.4 is 0 Å². The van der Waals surface area contributed by atoms with E-state index in [1.165, 1.54) is 4.90 Å². The number of aliphatic carboxylic acids is 1. The summed E-state index contributed by atoms with van der Waals surface area (Å²) in [5, 5.41) is 8.96. The first kappa shape index (κ1) is 15.9. The van der Waals surface area contributed by atoms with E-state index < -0.39 is 11.6 Å². The third-order valence-corrected chi connectivity index (χ3v) is 4.79. The number of benzene rings is 1. The number of carboxylic acids is 1. The van der Waals surface area contributed by atoms with Crippen molar-refractivity contribution in [3.05, 3.63) is 35.9 Å². The van der Waals surface area contributed by atoms with Crippen LogP contribution in [0.5, 0.6) is 0 Å². The molecule has 124 valence electrons. The first-order chi connectivity index (χ1) is 11.0. The molecular weight excluding hydrogens is 299 g/mol. The highest BCUT2D eigenvalue weighted by Gasteiger charge is 2.48. The third kappa shape index (κ3) is 3.22. The Morgan fingerprint density at radius 3 is 2.65 bits per heavy atom. The Kier molecular flexibility index (Phi) is 4.35. The number of alkyl halides is 1. The smallest absolute Gasteiger partial charge is 0.343 e. The number of amides is 1. The summed E-state index contributed by atoms with van der Waals surface area (Å²) in [6.07, 6.45) is 1.55. The van der Waals surface area contributed by atoms with Gasteiger partial charge in [0.15, 0.2) is 0 Å². The zero-order valence-corrected chi connectivity index (χ0v) is 12.9. The molecule has 2 atom stereocenters. The fraction of sp³-hybridized carbons (Fsp3) is 0.529. The molecule has 1 aromatic rings. The lowest BCUT2D eigenvalue weighted by Gasteiger charge is -2.28. The fourth-order valence-electron chi connectivity index (χ4n) is 3.46. The highest BCUT2D eigenvalue weighted by Crippen LogP contribution is 2.29. The number of carboxylic acid groups (broad SMARTS) is 1. The van der Waals surface area contributed by atoms with Gasteiger partial charge in [-0.3, -0.25) is 9.69 Å². The number of carbonyl (C=O) groups excluding carboxylic acids is 1. The lowest BCUT2D eigenvalue weighted by Crippen LogP contribution is -2.46. The summed E-state index contributed by atoms with van der Waals surface area (Å²) in [4.78, 5) is 27.2. The van der Waals surface area contributed by atoms with Crippen LogP contribution in [0.2, 0.25) is 0 Å². The van der Waals surface area contributed by atoms with Gasteiger partial charge in [0.05, 0.1) is 12.6 Å². The van der Waals surface area contributed by atoms with Gasteiger partial charge in [-0.05, 0) is 24.9 Å². The van der Waals surface area contributed by atoms with Crippen LogP contribution in [0.15, 0.2) is 30.3 Å². The molecule has 0 bridgehead atoms. The van der Waals surface area contributed by atoms with E-state index in [-0.39, 0.29) is 31.5 Å². The molecule has 2 heterocycles. The summed E-state index contributed by atoms with van der Waals surface area (Å²) in [6.45, 7) is 1.36. The lowest BCUT2D eigenvalue weighted by molar-refractivity contribution is -0.150. The molecule has 1 N–H and O–H groups in total. The maximum absolute atomic E-state index is 14.2. The highest BCUT2D eigenvalue weighted by molar-refractivity contribution is 5.85. The van der Waals surface area contributed by atoms with Crippen LogP contribution in [0.3, 0.4) is 0 Å². The maximum Gasteiger partial charge on any atom is 0.343 e. The Labute approximate surface area is 134 Å². The van der Waals surface area contributed by atoms with E-state index in [1.54, 1.807) is 0 Å². The molecule has 2 aliphatic rings. The molecule has 0 spiro atoms. The van der Waals surface area contributed by atoms with Crippen LogP contribution in [-0.4, -0.2) is 58.1 Å². The number of halogens is 1. The van der Waals surface area contributed by atoms with E-state index in [4.69, 9.17) is 5.11 Å². The minimum absolute atomic E-state index is 0.126. The number of hydrogen-bond donors (Lipinski definition) is 1. The molecule has 1 aromatic carbocycles. The zero-order chi connectivity index (χ0) is 16.4. The summed E-state index contributed by atoms with van der Waals surface area (Å²) in [5.41, 5.74) is -1.16. The Morgan fingerprint density at radius 2 is 2.00 bits per heavy atom. The van der Waals surface area contributed by atoms with Gasteiger partial charge in [0.1, 0.15) is 0 Å². The Balaban J connectivity index is 1.66. The Bertz CT molecular complexity index is 595. The normalized spacial score (nSPS) is 28.2. The number of rotatable bonds is 4. The SMILES string of the molecule is O=C(C1CCCN1Cc1ccccc1)N1CCC(F)(C(=O)O)C1. The number of hydrogen-bond acceptors (Lipinski definition) is 3. The van der Waals surface area contributed by atoms with Crippen molar-refractivity contribution in [2.45, 2.75) is 37.5 Å². The van der Waals surface area contributed by atoms with E-state index in [2.05, 4.69) is 4.90 Å². The molecule has 0 radical (unpaired) electrons. The van der Waals surface area contributed by atoms with E-state index in [9.17, 15) is 14.0 Å².